The molecule has 0 saturated heterocycles. The number of rotatable bonds is 3. The molecule has 5 rings (SSSR count). The molecular weight excluding hydrogens is 352 g/mol. The summed E-state index contributed by atoms with van der Waals surface area (Å²) in [5.74, 6) is 1.30. The fourth-order valence-corrected chi connectivity index (χ4v) is 3.49. The van der Waals surface area contributed by atoms with E-state index in [0.29, 0.717) is 42.5 Å². The minimum Gasteiger partial charge on any atom is -0.350 e. The maximum atomic E-state index is 12.5. The summed E-state index contributed by atoms with van der Waals surface area (Å²) in [5.41, 5.74) is 3.30. The van der Waals surface area contributed by atoms with E-state index >= 15 is 0 Å². The number of carbonyl (C=O) groups is 1. The molecule has 0 unspecified atom stereocenters. The number of fused-ring (bicyclic) bond motifs is 2. The second-order valence-electron chi connectivity index (χ2n) is 6.66. The van der Waals surface area contributed by atoms with Crippen LogP contribution in [0, 0.1) is 0 Å². The molecule has 7 heteroatoms. The highest BCUT2D eigenvalue weighted by Gasteiger charge is 2.23. The van der Waals surface area contributed by atoms with E-state index in [-0.39, 0.29) is 5.91 Å². The number of hydrogen-bond donors (Lipinski definition) is 1. The lowest BCUT2D eigenvalue weighted by Gasteiger charge is -2.23. The predicted molar refractivity (Wildman–Crippen MR) is 106 cm³/mol. The van der Waals surface area contributed by atoms with Gasteiger partial charge in [0.05, 0.1) is 11.1 Å². The summed E-state index contributed by atoms with van der Waals surface area (Å²) >= 11 is 0. The zero-order valence-electron chi connectivity index (χ0n) is 15.1. The third kappa shape index (κ3) is 2.87. The second-order valence-corrected chi connectivity index (χ2v) is 6.66. The molecule has 0 spiro atoms. The largest absolute Gasteiger partial charge is 0.350 e. The SMILES string of the molecule is O=C1NCCN(Cc2ccccc2)c2nc(-n3cnc4ncccc43)ccc21. The van der Waals surface area contributed by atoms with E-state index < -0.39 is 0 Å². The first-order chi connectivity index (χ1) is 13.8. The molecule has 7 nitrogen and oxygen atoms in total. The first-order valence-corrected chi connectivity index (χ1v) is 9.16. The summed E-state index contributed by atoms with van der Waals surface area (Å²) < 4.78 is 1.89. The summed E-state index contributed by atoms with van der Waals surface area (Å²) in [5, 5.41) is 2.95. The van der Waals surface area contributed by atoms with Gasteiger partial charge in [-0.15, -0.1) is 0 Å². The van der Waals surface area contributed by atoms with Crippen LogP contribution >= 0.6 is 0 Å². The Balaban J connectivity index is 1.61. The van der Waals surface area contributed by atoms with Gasteiger partial charge in [-0.1, -0.05) is 30.3 Å². The van der Waals surface area contributed by atoms with E-state index in [9.17, 15) is 4.79 Å². The molecule has 28 heavy (non-hydrogen) atoms. The summed E-state index contributed by atoms with van der Waals surface area (Å²) in [4.78, 5) is 28.1. The van der Waals surface area contributed by atoms with Gasteiger partial charge < -0.3 is 10.2 Å². The number of anilines is 1. The van der Waals surface area contributed by atoms with E-state index in [1.807, 2.05) is 47.0 Å². The lowest BCUT2D eigenvalue weighted by molar-refractivity contribution is 0.0958. The number of benzene rings is 1. The van der Waals surface area contributed by atoms with Gasteiger partial charge in [-0.2, -0.15) is 0 Å². The van der Waals surface area contributed by atoms with Crippen molar-refractivity contribution in [3.8, 4) is 5.82 Å². The standard InChI is InChI=1S/C21H18N6O/c28-21-16-8-9-18(27-14-24-19-17(27)7-4-10-22-19)25-20(16)26(12-11-23-21)13-15-5-2-1-3-6-15/h1-10,14H,11-13H2,(H,23,28). The van der Waals surface area contributed by atoms with Crippen molar-refractivity contribution in [3.05, 3.63) is 78.2 Å². The van der Waals surface area contributed by atoms with Gasteiger partial charge in [0.2, 0.25) is 0 Å². The van der Waals surface area contributed by atoms with E-state index in [4.69, 9.17) is 4.98 Å². The van der Waals surface area contributed by atoms with Crippen molar-refractivity contribution in [2.75, 3.05) is 18.0 Å². The molecular formula is C21H18N6O. The number of aromatic nitrogens is 4. The Morgan fingerprint density at radius 3 is 2.79 bits per heavy atom. The van der Waals surface area contributed by atoms with Crippen LogP contribution in [0.15, 0.2) is 67.1 Å². The fourth-order valence-electron chi connectivity index (χ4n) is 3.49. The highest BCUT2D eigenvalue weighted by Crippen LogP contribution is 2.25. The van der Waals surface area contributed by atoms with Gasteiger partial charge >= 0.3 is 0 Å². The molecule has 0 atom stereocenters. The van der Waals surface area contributed by atoms with Crippen molar-refractivity contribution in [1.82, 2.24) is 24.8 Å². The topological polar surface area (TPSA) is 75.9 Å². The molecule has 0 aliphatic carbocycles. The van der Waals surface area contributed by atoms with Crippen molar-refractivity contribution >= 4 is 22.9 Å². The molecule has 1 aliphatic rings. The number of hydrogen-bond acceptors (Lipinski definition) is 5. The summed E-state index contributed by atoms with van der Waals surface area (Å²) in [6, 6.07) is 17.7. The first-order valence-electron chi connectivity index (χ1n) is 9.16. The number of amides is 1. The summed E-state index contributed by atoms with van der Waals surface area (Å²) in [6.45, 7) is 1.96. The van der Waals surface area contributed by atoms with Crippen molar-refractivity contribution in [1.29, 1.82) is 0 Å². The van der Waals surface area contributed by atoms with Gasteiger partial charge in [0, 0.05) is 25.8 Å². The Bertz CT molecular complexity index is 1150. The Morgan fingerprint density at radius 1 is 1.00 bits per heavy atom. The lowest BCUT2D eigenvalue weighted by Crippen LogP contribution is -2.30. The maximum Gasteiger partial charge on any atom is 0.255 e. The minimum absolute atomic E-state index is 0.0956. The number of nitrogens with zero attached hydrogens (tertiary/aromatic N) is 5. The van der Waals surface area contributed by atoms with Gasteiger partial charge in [0.1, 0.15) is 18.0 Å². The maximum absolute atomic E-state index is 12.5. The summed E-state index contributed by atoms with van der Waals surface area (Å²) in [7, 11) is 0. The van der Waals surface area contributed by atoms with Crippen molar-refractivity contribution in [2.45, 2.75) is 6.54 Å². The van der Waals surface area contributed by atoms with Crippen molar-refractivity contribution in [2.24, 2.45) is 0 Å². The predicted octanol–water partition coefficient (Wildman–Crippen LogP) is 2.57. The van der Waals surface area contributed by atoms with Crippen LogP contribution in [0.2, 0.25) is 0 Å². The van der Waals surface area contributed by atoms with Gasteiger partial charge in [-0.05, 0) is 29.8 Å². The van der Waals surface area contributed by atoms with E-state index in [1.54, 1.807) is 12.5 Å². The number of pyridine rings is 2. The van der Waals surface area contributed by atoms with Gasteiger partial charge in [0.15, 0.2) is 5.65 Å². The Kier molecular flexibility index (Phi) is 3.97. The molecule has 0 fully saturated rings. The molecule has 4 aromatic rings. The van der Waals surface area contributed by atoms with Gasteiger partial charge in [-0.3, -0.25) is 9.36 Å². The quantitative estimate of drug-likeness (QED) is 0.600. The Labute approximate surface area is 161 Å². The van der Waals surface area contributed by atoms with Crippen LogP contribution in [-0.2, 0) is 6.54 Å². The third-order valence-corrected chi connectivity index (χ3v) is 4.86. The first kappa shape index (κ1) is 16.4. The highest BCUT2D eigenvalue weighted by atomic mass is 16.1. The highest BCUT2D eigenvalue weighted by molar-refractivity contribution is 5.99. The van der Waals surface area contributed by atoms with Crippen LogP contribution < -0.4 is 10.2 Å². The average molecular weight is 370 g/mol. The number of imidazole rings is 1. The summed E-state index contributed by atoms with van der Waals surface area (Å²) in [6.07, 6.45) is 3.43. The zero-order chi connectivity index (χ0) is 18.9. The molecule has 1 aromatic carbocycles. The van der Waals surface area contributed by atoms with Crippen LogP contribution in [0.3, 0.4) is 0 Å². The Hall–Kier alpha value is -3.74. The van der Waals surface area contributed by atoms with Crippen molar-refractivity contribution in [3.63, 3.8) is 0 Å². The molecule has 138 valence electrons. The average Bonchev–Trinajstić information content (AvgIpc) is 3.11. The Morgan fingerprint density at radius 2 is 1.89 bits per heavy atom. The zero-order valence-corrected chi connectivity index (χ0v) is 15.1. The van der Waals surface area contributed by atoms with Crippen molar-refractivity contribution < 1.29 is 4.79 Å². The van der Waals surface area contributed by atoms with Gasteiger partial charge in [0.25, 0.3) is 5.91 Å². The fraction of sp³-hybridized carbons (Fsp3) is 0.143. The smallest absolute Gasteiger partial charge is 0.255 e. The molecule has 3 aromatic heterocycles. The van der Waals surface area contributed by atoms with E-state index in [0.717, 1.165) is 5.52 Å². The van der Waals surface area contributed by atoms with Crippen LogP contribution in [0.4, 0.5) is 5.82 Å². The number of carbonyl (C=O) groups excluding carboxylic acids is 1. The van der Waals surface area contributed by atoms with Gasteiger partial charge in [-0.25, -0.2) is 15.0 Å². The normalized spacial score (nSPS) is 13.9. The molecule has 0 radical (unpaired) electrons. The molecule has 1 aliphatic heterocycles. The minimum atomic E-state index is -0.0956. The number of nitrogens with one attached hydrogen (secondary N) is 1. The molecule has 0 saturated carbocycles. The molecule has 4 heterocycles. The van der Waals surface area contributed by atoms with Crippen LogP contribution in [0.5, 0.6) is 0 Å². The van der Waals surface area contributed by atoms with E-state index in [2.05, 4.69) is 32.3 Å². The third-order valence-electron chi connectivity index (χ3n) is 4.86. The monoisotopic (exact) mass is 370 g/mol. The van der Waals surface area contributed by atoms with Crippen LogP contribution in [0.25, 0.3) is 17.0 Å². The molecule has 0 bridgehead atoms. The second kappa shape index (κ2) is 6.77. The van der Waals surface area contributed by atoms with Crippen LogP contribution in [0.1, 0.15) is 15.9 Å². The van der Waals surface area contributed by atoms with Crippen LogP contribution in [-0.4, -0.2) is 38.5 Å². The molecule has 1 amide bonds. The molecule has 1 N–H and O–H groups in total. The van der Waals surface area contributed by atoms with E-state index in [1.165, 1.54) is 5.56 Å². The lowest BCUT2D eigenvalue weighted by atomic mass is 10.2.